The molecule has 0 aliphatic heterocycles. The monoisotopic (exact) mass is 473 g/mol. The molecule has 6 nitrogen and oxygen atoms in total. The Morgan fingerprint density at radius 2 is 1.54 bits per heavy atom. The highest BCUT2D eigenvalue weighted by molar-refractivity contribution is 5.64. The van der Waals surface area contributed by atoms with Gasteiger partial charge in [-0.25, -0.2) is 0 Å². The number of para-hydroxylation sites is 2. The molecule has 0 fully saturated rings. The standard InChI is InChI=1S/C29H35N3O3/c1-19-11-8-12-21(17-19)20(2)22-13-9-15-24(26(22)32(34)35)30-31-25-16-10-14-23(27(25)33)29(6,7)18-28(3,4)5/h8-17,20,33H,18H2,1-7H3/b31-30+. The number of phenols is 1. The predicted octanol–water partition coefficient (Wildman–Crippen LogP) is 8.89. The Kier molecular flexibility index (Phi) is 7.44. The smallest absolute Gasteiger partial charge is 0.300 e. The third kappa shape index (κ3) is 6.13. The second kappa shape index (κ2) is 9.98. The number of azo groups is 1. The van der Waals surface area contributed by atoms with Gasteiger partial charge in [-0.3, -0.25) is 10.1 Å². The van der Waals surface area contributed by atoms with E-state index in [2.05, 4.69) is 44.8 Å². The molecule has 0 saturated carbocycles. The zero-order chi connectivity index (χ0) is 26.0. The van der Waals surface area contributed by atoms with Gasteiger partial charge in [0.2, 0.25) is 0 Å². The number of benzene rings is 3. The number of aromatic hydroxyl groups is 1. The largest absolute Gasteiger partial charge is 0.505 e. The van der Waals surface area contributed by atoms with E-state index in [0.717, 1.165) is 23.1 Å². The Bertz CT molecular complexity index is 1260. The van der Waals surface area contributed by atoms with Gasteiger partial charge in [-0.1, -0.05) is 95.6 Å². The maximum Gasteiger partial charge on any atom is 0.300 e. The van der Waals surface area contributed by atoms with Gasteiger partial charge in [0, 0.05) is 17.0 Å². The second-order valence-corrected chi connectivity index (χ2v) is 11.1. The molecular formula is C29H35N3O3. The third-order valence-corrected chi connectivity index (χ3v) is 6.22. The highest BCUT2D eigenvalue weighted by Crippen LogP contribution is 2.44. The first-order valence-corrected chi connectivity index (χ1v) is 11.9. The van der Waals surface area contributed by atoms with Crippen molar-refractivity contribution in [3.63, 3.8) is 0 Å². The molecule has 0 heterocycles. The van der Waals surface area contributed by atoms with E-state index in [4.69, 9.17) is 0 Å². The van der Waals surface area contributed by atoms with Crippen molar-refractivity contribution in [2.24, 2.45) is 15.6 Å². The predicted molar refractivity (Wildman–Crippen MR) is 141 cm³/mol. The summed E-state index contributed by atoms with van der Waals surface area (Å²) in [6.07, 6.45) is 0.860. The molecule has 0 amide bonds. The normalized spacial score (nSPS) is 13.2. The fraction of sp³-hybridized carbons (Fsp3) is 0.379. The molecular weight excluding hydrogens is 438 g/mol. The average molecular weight is 474 g/mol. The topological polar surface area (TPSA) is 88.1 Å². The molecule has 184 valence electrons. The van der Waals surface area contributed by atoms with Gasteiger partial charge >= 0.3 is 0 Å². The molecule has 6 heteroatoms. The lowest BCUT2D eigenvalue weighted by Crippen LogP contribution is -2.24. The Morgan fingerprint density at radius 1 is 0.943 bits per heavy atom. The summed E-state index contributed by atoms with van der Waals surface area (Å²) in [6.45, 7) is 14.6. The van der Waals surface area contributed by atoms with Crippen LogP contribution in [0.3, 0.4) is 0 Å². The molecule has 0 aromatic heterocycles. The van der Waals surface area contributed by atoms with Gasteiger partial charge in [-0.2, -0.15) is 0 Å². The fourth-order valence-corrected chi connectivity index (χ4v) is 4.98. The highest BCUT2D eigenvalue weighted by Gasteiger charge is 2.30. The van der Waals surface area contributed by atoms with Crippen LogP contribution in [0.15, 0.2) is 70.9 Å². The summed E-state index contributed by atoms with van der Waals surface area (Å²) in [4.78, 5) is 11.7. The number of rotatable bonds is 7. The van der Waals surface area contributed by atoms with Crippen LogP contribution in [-0.4, -0.2) is 10.0 Å². The highest BCUT2D eigenvalue weighted by atomic mass is 16.6. The van der Waals surface area contributed by atoms with E-state index in [1.807, 2.05) is 50.2 Å². The number of nitro benzene ring substituents is 1. The van der Waals surface area contributed by atoms with Crippen molar-refractivity contribution in [1.82, 2.24) is 0 Å². The number of nitro groups is 1. The average Bonchev–Trinajstić information content (AvgIpc) is 2.75. The lowest BCUT2D eigenvalue weighted by atomic mass is 9.72. The quantitative estimate of drug-likeness (QED) is 0.211. The van der Waals surface area contributed by atoms with E-state index >= 15 is 0 Å². The van der Waals surface area contributed by atoms with Crippen molar-refractivity contribution in [1.29, 1.82) is 0 Å². The first-order chi connectivity index (χ1) is 16.3. The molecule has 0 saturated heterocycles. The van der Waals surface area contributed by atoms with Crippen molar-refractivity contribution < 1.29 is 10.0 Å². The Hall–Kier alpha value is -3.54. The minimum atomic E-state index is -0.404. The number of hydrogen-bond donors (Lipinski definition) is 1. The SMILES string of the molecule is Cc1cccc(C(C)c2cccc(/N=N/c3cccc(C(C)(C)CC(C)(C)C)c3O)c2[N+](=O)[O-])c1. The first kappa shape index (κ1) is 26.1. The van der Waals surface area contributed by atoms with Crippen LogP contribution in [0.4, 0.5) is 17.1 Å². The van der Waals surface area contributed by atoms with Gasteiger partial charge < -0.3 is 5.11 Å². The van der Waals surface area contributed by atoms with Crippen molar-refractivity contribution in [3.05, 3.63) is 93.0 Å². The molecule has 1 unspecified atom stereocenters. The molecule has 0 aliphatic carbocycles. The summed E-state index contributed by atoms with van der Waals surface area (Å²) in [5, 5.41) is 31.6. The summed E-state index contributed by atoms with van der Waals surface area (Å²) in [7, 11) is 0. The van der Waals surface area contributed by atoms with Crippen molar-refractivity contribution in [3.8, 4) is 5.75 Å². The summed E-state index contributed by atoms with van der Waals surface area (Å²) >= 11 is 0. The summed E-state index contributed by atoms with van der Waals surface area (Å²) < 4.78 is 0. The summed E-state index contributed by atoms with van der Waals surface area (Å²) in [5.74, 6) is -0.141. The number of hydrogen-bond acceptors (Lipinski definition) is 5. The van der Waals surface area contributed by atoms with E-state index in [0.29, 0.717) is 5.56 Å². The zero-order valence-electron chi connectivity index (χ0n) is 21.7. The van der Waals surface area contributed by atoms with E-state index in [9.17, 15) is 15.2 Å². The Balaban J connectivity index is 2.02. The van der Waals surface area contributed by atoms with Crippen molar-refractivity contribution in [2.45, 2.75) is 66.2 Å². The molecule has 0 spiro atoms. The molecule has 1 atom stereocenters. The number of aryl methyl sites for hydroxylation is 1. The Morgan fingerprint density at radius 3 is 2.17 bits per heavy atom. The van der Waals surface area contributed by atoms with Crippen molar-refractivity contribution in [2.75, 3.05) is 0 Å². The van der Waals surface area contributed by atoms with Gasteiger partial charge in [0.25, 0.3) is 5.69 Å². The molecule has 1 N–H and O–H groups in total. The minimum absolute atomic E-state index is 0.0532. The van der Waals surface area contributed by atoms with Gasteiger partial charge in [0.1, 0.15) is 11.4 Å². The molecule has 0 aliphatic rings. The number of phenolic OH excluding ortho intramolecular Hbond substituents is 1. The van der Waals surface area contributed by atoms with E-state index in [-0.39, 0.29) is 39.6 Å². The lowest BCUT2D eigenvalue weighted by Gasteiger charge is -2.33. The van der Waals surface area contributed by atoms with Gasteiger partial charge in [0.15, 0.2) is 5.69 Å². The minimum Gasteiger partial charge on any atom is -0.505 e. The van der Waals surface area contributed by atoms with E-state index in [1.54, 1.807) is 24.3 Å². The summed E-state index contributed by atoms with van der Waals surface area (Å²) in [5.41, 5.74) is 3.59. The number of nitrogens with zero attached hydrogens (tertiary/aromatic N) is 3. The second-order valence-electron chi connectivity index (χ2n) is 11.1. The van der Waals surface area contributed by atoms with Crippen LogP contribution in [0, 0.1) is 22.5 Å². The van der Waals surface area contributed by atoms with E-state index < -0.39 is 4.92 Å². The maximum absolute atomic E-state index is 12.1. The van der Waals surface area contributed by atoms with Crippen LogP contribution in [0.1, 0.15) is 76.1 Å². The summed E-state index contributed by atoms with van der Waals surface area (Å²) in [6, 6.07) is 18.4. The molecule has 0 bridgehead atoms. The first-order valence-electron chi connectivity index (χ1n) is 11.9. The van der Waals surface area contributed by atoms with Crippen LogP contribution in [0.5, 0.6) is 5.75 Å². The Labute approximate surface area is 207 Å². The molecule has 0 radical (unpaired) electrons. The van der Waals surface area contributed by atoms with Gasteiger partial charge in [0.05, 0.1) is 4.92 Å². The zero-order valence-corrected chi connectivity index (χ0v) is 21.7. The molecule has 3 aromatic carbocycles. The van der Waals surface area contributed by atoms with Gasteiger partial charge in [-0.05, 0) is 41.9 Å². The maximum atomic E-state index is 12.1. The van der Waals surface area contributed by atoms with Crippen LogP contribution < -0.4 is 0 Å². The van der Waals surface area contributed by atoms with Crippen LogP contribution in [0.2, 0.25) is 0 Å². The third-order valence-electron chi connectivity index (χ3n) is 6.22. The van der Waals surface area contributed by atoms with E-state index in [1.165, 1.54) is 0 Å². The van der Waals surface area contributed by atoms with Crippen LogP contribution >= 0.6 is 0 Å². The van der Waals surface area contributed by atoms with Gasteiger partial charge in [-0.15, -0.1) is 10.2 Å². The fourth-order valence-electron chi connectivity index (χ4n) is 4.98. The molecule has 35 heavy (non-hydrogen) atoms. The lowest BCUT2D eigenvalue weighted by molar-refractivity contribution is -0.384. The van der Waals surface area contributed by atoms with Crippen LogP contribution in [-0.2, 0) is 5.41 Å². The molecule has 3 aromatic rings. The molecule has 3 rings (SSSR count). The van der Waals surface area contributed by atoms with Crippen LogP contribution in [0.25, 0.3) is 0 Å². The van der Waals surface area contributed by atoms with Crippen molar-refractivity contribution >= 4 is 17.1 Å².